The molecule has 3 saturated carbocycles. The number of carbonyl (C=O) groups excluding carboxylic acids is 1. The van der Waals surface area contributed by atoms with E-state index < -0.39 is 57.6 Å². The van der Waals surface area contributed by atoms with Crippen LogP contribution in [0.15, 0.2) is 64.5 Å². The summed E-state index contributed by atoms with van der Waals surface area (Å²) in [5, 5.41) is 6.04. The van der Waals surface area contributed by atoms with Gasteiger partial charge in [0.15, 0.2) is 0 Å². The number of halogens is 4. The lowest BCUT2D eigenvalue weighted by Crippen LogP contribution is -2.78. The second-order valence-electron chi connectivity index (χ2n) is 11.3. The second-order valence-corrected chi connectivity index (χ2v) is 13.6. The van der Waals surface area contributed by atoms with Crippen molar-refractivity contribution >= 4 is 33.4 Å². The molecule has 1 amide bonds. The van der Waals surface area contributed by atoms with E-state index in [4.69, 9.17) is 16.6 Å². The molecule has 3 aliphatic carbocycles. The van der Waals surface area contributed by atoms with E-state index in [1.807, 2.05) is 6.07 Å². The molecule has 4 aliphatic rings. The number of alkyl halides is 3. The van der Waals surface area contributed by atoms with Gasteiger partial charge in [0.05, 0.1) is 16.9 Å². The van der Waals surface area contributed by atoms with Crippen LogP contribution in [0.3, 0.4) is 0 Å². The number of carbonyl (C=O) groups is 1. The Balaban J connectivity index is 1.33. The fraction of sp³-hybridized carbons (Fsp3) is 0.481. The summed E-state index contributed by atoms with van der Waals surface area (Å²) in [4.78, 5) is 17.7. The molecule has 1 heterocycles. The van der Waals surface area contributed by atoms with Crippen molar-refractivity contribution in [1.29, 1.82) is 0 Å². The number of benzene rings is 2. The second kappa shape index (κ2) is 9.49. The predicted octanol–water partition coefficient (Wildman–Crippen LogP) is 4.67. The Kier molecular flexibility index (Phi) is 6.79. The van der Waals surface area contributed by atoms with Gasteiger partial charge in [-0.1, -0.05) is 41.9 Å². The molecule has 1 aliphatic heterocycles. The Bertz CT molecular complexity index is 1390. The number of nitrogens with zero attached hydrogens (tertiary/aromatic N) is 2. The maximum Gasteiger partial charge on any atom is 0.390 e. The predicted molar refractivity (Wildman–Crippen MR) is 142 cm³/mol. The van der Waals surface area contributed by atoms with Crippen molar-refractivity contribution in [1.82, 2.24) is 14.9 Å². The van der Waals surface area contributed by atoms with Gasteiger partial charge < -0.3 is 10.6 Å². The van der Waals surface area contributed by atoms with E-state index in [2.05, 4.69) is 10.6 Å². The van der Waals surface area contributed by atoms with Gasteiger partial charge in [0.2, 0.25) is 15.9 Å². The number of hydrogen-bond acceptors (Lipinski definition) is 5. The van der Waals surface area contributed by atoms with E-state index in [-0.39, 0.29) is 11.4 Å². The Labute approximate surface area is 230 Å². The first kappa shape index (κ1) is 27.9. The zero-order valence-corrected chi connectivity index (χ0v) is 23.1. The zero-order valence-electron chi connectivity index (χ0n) is 21.6. The van der Waals surface area contributed by atoms with Crippen LogP contribution < -0.4 is 10.6 Å². The van der Waals surface area contributed by atoms with Gasteiger partial charge in [-0.3, -0.25) is 9.79 Å². The van der Waals surface area contributed by atoms with Gasteiger partial charge in [-0.15, -0.1) is 0 Å². The van der Waals surface area contributed by atoms with E-state index >= 15 is 0 Å². The van der Waals surface area contributed by atoms with E-state index in [1.54, 1.807) is 66.7 Å². The fourth-order valence-electron chi connectivity index (χ4n) is 6.06. The standard InChI is InChI=1S/C27H30ClF3N4O3S/c1-24(2)21(22(36)32-12-11-27(29,30)31)33-23(34-24)25-15-26(16-25,17-25)35(14-18-7-6-8-19(28)13-18)39(37,38)20-9-4-3-5-10-20/h3-10,13,21H,11-12,14-17H2,1-2H3,(H,32,36)(H,33,34)/t21-,25?,26?/m0/s1. The number of aliphatic imine (C=N–C) groups is 1. The lowest BCUT2D eigenvalue weighted by atomic mass is 9.38. The zero-order chi connectivity index (χ0) is 28.3. The molecule has 0 spiro atoms. The molecular weight excluding hydrogens is 553 g/mol. The molecule has 6 rings (SSSR count). The molecule has 2 bridgehead atoms. The van der Waals surface area contributed by atoms with E-state index in [0.717, 1.165) is 5.56 Å². The normalized spacial score (nSPS) is 27.3. The third-order valence-corrected chi connectivity index (χ3v) is 10.1. The minimum atomic E-state index is -4.36. The highest BCUT2D eigenvalue weighted by Gasteiger charge is 2.75. The van der Waals surface area contributed by atoms with Gasteiger partial charge in [0, 0.05) is 29.1 Å². The average Bonchev–Trinajstić information content (AvgIpc) is 3.11. The summed E-state index contributed by atoms with van der Waals surface area (Å²) in [5.41, 5.74) is -1.11. The summed E-state index contributed by atoms with van der Waals surface area (Å²) in [6, 6.07) is 14.6. The average molecular weight is 583 g/mol. The minimum absolute atomic E-state index is 0.156. The lowest BCUT2D eigenvalue weighted by Gasteiger charge is -2.72. The van der Waals surface area contributed by atoms with Gasteiger partial charge in [-0.05, 0) is 62.9 Å². The van der Waals surface area contributed by atoms with Crippen molar-refractivity contribution in [3.8, 4) is 0 Å². The van der Waals surface area contributed by atoms with Gasteiger partial charge in [0.1, 0.15) is 11.9 Å². The first-order valence-corrected chi connectivity index (χ1v) is 14.5. The van der Waals surface area contributed by atoms with Crippen LogP contribution in [0.1, 0.15) is 45.1 Å². The molecule has 2 N–H and O–H groups in total. The highest BCUT2D eigenvalue weighted by Crippen LogP contribution is 2.71. The molecule has 2 aromatic carbocycles. The van der Waals surface area contributed by atoms with E-state index in [9.17, 15) is 26.4 Å². The highest BCUT2D eigenvalue weighted by atomic mass is 35.5. The summed E-state index contributed by atoms with van der Waals surface area (Å²) in [7, 11) is -3.84. The van der Waals surface area contributed by atoms with Crippen LogP contribution in [0, 0.1) is 5.41 Å². The summed E-state index contributed by atoms with van der Waals surface area (Å²) in [6.45, 7) is 3.17. The molecule has 12 heteroatoms. The maximum atomic E-state index is 13.8. The molecule has 7 nitrogen and oxygen atoms in total. The van der Waals surface area contributed by atoms with Gasteiger partial charge in [0.25, 0.3) is 0 Å². The van der Waals surface area contributed by atoms with Crippen LogP contribution in [0.4, 0.5) is 13.2 Å². The summed E-state index contributed by atoms with van der Waals surface area (Å²) < 4.78 is 66.8. The molecule has 210 valence electrons. The summed E-state index contributed by atoms with van der Waals surface area (Å²) in [5.74, 6) is 0.0729. The summed E-state index contributed by atoms with van der Waals surface area (Å²) in [6.07, 6.45) is -3.89. The molecule has 1 atom stereocenters. The first-order valence-electron chi connectivity index (χ1n) is 12.7. The molecular formula is C27H30ClF3N4O3S. The Morgan fingerprint density at radius 1 is 1.13 bits per heavy atom. The van der Waals surface area contributed by atoms with Crippen LogP contribution in [0.2, 0.25) is 5.02 Å². The number of hydrogen-bond donors (Lipinski definition) is 2. The largest absolute Gasteiger partial charge is 0.390 e. The Morgan fingerprint density at radius 3 is 2.41 bits per heavy atom. The number of rotatable bonds is 9. The number of nitrogens with one attached hydrogen (secondary N) is 2. The Morgan fingerprint density at radius 2 is 1.79 bits per heavy atom. The smallest absolute Gasteiger partial charge is 0.360 e. The van der Waals surface area contributed by atoms with Gasteiger partial charge in [-0.2, -0.15) is 17.5 Å². The Hall–Kier alpha value is -2.63. The summed E-state index contributed by atoms with van der Waals surface area (Å²) >= 11 is 6.18. The minimum Gasteiger partial charge on any atom is -0.360 e. The van der Waals surface area contributed by atoms with Crippen LogP contribution in [-0.2, 0) is 21.4 Å². The molecule has 2 aromatic rings. The number of sulfonamides is 1. The lowest BCUT2D eigenvalue weighted by molar-refractivity contribution is -0.151. The molecule has 3 fully saturated rings. The van der Waals surface area contributed by atoms with Crippen molar-refractivity contribution in [2.24, 2.45) is 10.4 Å². The maximum absolute atomic E-state index is 13.8. The molecule has 0 aromatic heterocycles. The fourth-order valence-corrected chi connectivity index (χ4v) is 8.06. The van der Waals surface area contributed by atoms with Crippen LogP contribution in [-0.4, -0.2) is 54.3 Å². The third kappa shape index (κ3) is 5.16. The van der Waals surface area contributed by atoms with Gasteiger partial charge in [-0.25, -0.2) is 8.42 Å². The molecule has 0 unspecified atom stereocenters. The SMILES string of the molecule is CC1(C)N=C(C23CC(N(Cc4cccc(Cl)c4)S(=O)(=O)c4ccccc4)(C2)C3)N[C@H]1C(=O)NCCC(F)(F)F. The molecule has 0 radical (unpaired) electrons. The van der Waals surface area contributed by atoms with E-state index in [1.165, 1.54) is 0 Å². The van der Waals surface area contributed by atoms with Crippen LogP contribution >= 0.6 is 11.6 Å². The topological polar surface area (TPSA) is 90.9 Å². The van der Waals surface area contributed by atoms with Crippen molar-refractivity contribution in [2.75, 3.05) is 6.54 Å². The third-order valence-electron chi connectivity index (χ3n) is 7.94. The number of amidine groups is 1. The van der Waals surface area contributed by atoms with Crippen molar-refractivity contribution < 1.29 is 26.4 Å². The monoisotopic (exact) mass is 582 g/mol. The first-order chi connectivity index (χ1) is 18.2. The quantitative estimate of drug-likeness (QED) is 0.450. The number of amides is 1. The molecule has 0 saturated heterocycles. The highest BCUT2D eigenvalue weighted by molar-refractivity contribution is 7.89. The van der Waals surface area contributed by atoms with Crippen molar-refractivity contribution in [3.63, 3.8) is 0 Å². The molecule has 39 heavy (non-hydrogen) atoms. The van der Waals surface area contributed by atoms with Gasteiger partial charge >= 0.3 is 6.18 Å². The van der Waals surface area contributed by atoms with Crippen molar-refractivity contribution in [3.05, 3.63) is 65.2 Å². The van der Waals surface area contributed by atoms with E-state index in [0.29, 0.717) is 30.1 Å². The van der Waals surface area contributed by atoms with Crippen LogP contribution in [0.25, 0.3) is 0 Å². The van der Waals surface area contributed by atoms with Crippen molar-refractivity contribution in [2.45, 2.75) is 74.3 Å². The van der Waals surface area contributed by atoms with Crippen LogP contribution in [0.5, 0.6) is 0 Å².